The Bertz CT molecular complexity index is 167. The van der Waals surface area contributed by atoms with Crippen LogP contribution < -0.4 is 5.32 Å². The van der Waals surface area contributed by atoms with Crippen LogP contribution in [0.3, 0.4) is 0 Å². The highest BCUT2D eigenvalue weighted by Gasteiger charge is 2.19. The zero-order valence-electron chi connectivity index (χ0n) is 11.3. The maximum absolute atomic E-state index is 3.86. The van der Waals surface area contributed by atoms with Gasteiger partial charge in [-0.1, -0.05) is 13.8 Å². The summed E-state index contributed by atoms with van der Waals surface area (Å²) in [5.74, 6) is 3.46. The number of nitrogens with one attached hydrogen (secondary N) is 1. The van der Waals surface area contributed by atoms with Crippen molar-refractivity contribution in [2.45, 2.75) is 45.2 Å². The summed E-state index contributed by atoms with van der Waals surface area (Å²) in [5.41, 5.74) is 0. The minimum absolute atomic E-state index is 0.665. The van der Waals surface area contributed by atoms with Crippen LogP contribution in [0.15, 0.2) is 0 Å². The average molecular weight is 244 g/mol. The highest BCUT2D eigenvalue weighted by molar-refractivity contribution is 7.99. The van der Waals surface area contributed by atoms with Crippen molar-refractivity contribution in [3.8, 4) is 0 Å². The number of hydrogen-bond donors (Lipinski definition) is 1. The number of thioether (sulfide) groups is 1. The fourth-order valence-corrected chi connectivity index (χ4v) is 3.50. The number of likely N-dealkylation sites (N-methyl/N-ethyl adjacent to an activating group) is 1. The van der Waals surface area contributed by atoms with Gasteiger partial charge in [-0.25, -0.2) is 0 Å². The fraction of sp³-hybridized carbons (Fsp3) is 1.00. The van der Waals surface area contributed by atoms with Crippen molar-refractivity contribution < 1.29 is 0 Å². The molecule has 16 heavy (non-hydrogen) atoms. The topological polar surface area (TPSA) is 15.3 Å². The lowest BCUT2D eigenvalue weighted by atomic mass is 10.0. The van der Waals surface area contributed by atoms with E-state index in [1.807, 2.05) is 0 Å². The van der Waals surface area contributed by atoms with E-state index in [-0.39, 0.29) is 0 Å². The van der Waals surface area contributed by atoms with Crippen molar-refractivity contribution in [3.63, 3.8) is 0 Å². The Balaban J connectivity index is 2.35. The van der Waals surface area contributed by atoms with E-state index in [0.29, 0.717) is 6.04 Å². The highest BCUT2D eigenvalue weighted by atomic mass is 32.2. The Morgan fingerprint density at radius 1 is 1.38 bits per heavy atom. The maximum Gasteiger partial charge on any atom is 0.0200 e. The van der Waals surface area contributed by atoms with Crippen LogP contribution in [0, 0.1) is 5.92 Å². The molecule has 1 fully saturated rings. The van der Waals surface area contributed by atoms with Gasteiger partial charge in [0.15, 0.2) is 0 Å². The highest BCUT2D eigenvalue weighted by Crippen LogP contribution is 2.18. The number of nitrogens with zero attached hydrogens (tertiary/aromatic N) is 1. The molecule has 0 radical (unpaired) electrons. The lowest BCUT2D eigenvalue weighted by molar-refractivity contribution is 0.286. The van der Waals surface area contributed by atoms with Gasteiger partial charge in [0, 0.05) is 24.4 Å². The smallest absolute Gasteiger partial charge is 0.0200 e. The van der Waals surface area contributed by atoms with Crippen molar-refractivity contribution in [1.82, 2.24) is 10.2 Å². The predicted octanol–water partition coefficient (Wildman–Crippen LogP) is 2.45. The average Bonchev–Trinajstić information content (AvgIpc) is 2.16. The van der Waals surface area contributed by atoms with Gasteiger partial charge in [0.2, 0.25) is 0 Å². The second-order valence-corrected chi connectivity index (χ2v) is 6.82. The summed E-state index contributed by atoms with van der Waals surface area (Å²) in [4.78, 5) is 2.30. The number of rotatable bonds is 6. The zero-order valence-corrected chi connectivity index (χ0v) is 12.1. The Morgan fingerprint density at radius 3 is 2.62 bits per heavy atom. The summed E-state index contributed by atoms with van der Waals surface area (Å²) >= 11 is 2.11. The maximum atomic E-state index is 3.86. The molecule has 1 heterocycles. The van der Waals surface area contributed by atoms with E-state index in [1.165, 1.54) is 37.3 Å². The van der Waals surface area contributed by atoms with Gasteiger partial charge >= 0.3 is 0 Å². The van der Waals surface area contributed by atoms with Gasteiger partial charge in [0.05, 0.1) is 0 Å². The number of hydrogen-bond acceptors (Lipinski definition) is 3. The van der Waals surface area contributed by atoms with Gasteiger partial charge in [0.25, 0.3) is 0 Å². The van der Waals surface area contributed by atoms with Crippen LogP contribution in [-0.4, -0.2) is 49.1 Å². The predicted molar refractivity (Wildman–Crippen MR) is 75.3 cm³/mol. The van der Waals surface area contributed by atoms with E-state index in [4.69, 9.17) is 0 Å². The molecular weight excluding hydrogens is 216 g/mol. The molecule has 0 aromatic carbocycles. The lowest BCUT2D eigenvalue weighted by Gasteiger charge is -2.30. The van der Waals surface area contributed by atoms with Gasteiger partial charge in [-0.15, -0.1) is 0 Å². The molecule has 1 saturated heterocycles. The third kappa shape index (κ3) is 6.12. The molecule has 3 heteroatoms. The van der Waals surface area contributed by atoms with Crippen molar-refractivity contribution in [2.75, 3.05) is 32.1 Å². The van der Waals surface area contributed by atoms with Crippen LogP contribution in [0.4, 0.5) is 0 Å². The molecule has 0 spiro atoms. The van der Waals surface area contributed by atoms with Gasteiger partial charge < -0.3 is 10.2 Å². The molecule has 1 aliphatic heterocycles. The summed E-state index contributed by atoms with van der Waals surface area (Å²) in [6.07, 6.45) is 4.05. The quantitative estimate of drug-likeness (QED) is 0.772. The third-order valence-electron chi connectivity index (χ3n) is 2.97. The van der Waals surface area contributed by atoms with Crippen LogP contribution in [0.2, 0.25) is 0 Å². The molecule has 1 N–H and O–H groups in total. The molecule has 1 rings (SSSR count). The summed E-state index contributed by atoms with van der Waals surface area (Å²) in [6, 6.07) is 1.42. The summed E-state index contributed by atoms with van der Waals surface area (Å²) in [7, 11) is 4.34. The molecule has 2 atom stereocenters. The molecule has 2 nitrogen and oxygen atoms in total. The second kappa shape index (κ2) is 7.57. The molecule has 1 aliphatic rings. The SMILES string of the molecule is CC(C)CC(CN(C)C)NC1CCCSC1. The molecule has 0 amide bonds. The molecular formula is C13H28N2S. The summed E-state index contributed by atoms with van der Waals surface area (Å²) < 4.78 is 0. The molecule has 96 valence electrons. The lowest BCUT2D eigenvalue weighted by Crippen LogP contribution is -2.46. The molecule has 0 aliphatic carbocycles. The first-order valence-corrected chi connectivity index (χ1v) is 7.72. The van der Waals surface area contributed by atoms with E-state index >= 15 is 0 Å². The van der Waals surface area contributed by atoms with E-state index in [1.54, 1.807) is 0 Å². The van der Waals surface area contributed by atoms with Crippen LogP contribution in [0.25, 0.3) is 0 Å². The molecule has 0 bridgehead atoms. The largest absolute Gasteiger partial charge is 0.309 e. The summed E-state index contributed by atoms with van der Waals surface area (Å²) in [6.45, 7) is 5.80. The Labute approximate surface area is 106 Å². The Morgan fingerprint density at radius 2 is 2.12 bits per heavy atom. The first-order valence-electron chi connectivity index (χ1n) is 6.56. The van der Waals surface area contributed by atoms with Crippen molar-refractivity contribution >= 4 is 11.8 Å². The minimum atomic E-state index is 0.665. The summed E-state index contributed by atoms with van der Waals surface area (Å²) in [5, 5.41) is 3.86. The van der Waals surface area contributed by atoms with E-state index < -0.39 is 0 Å². The normalized spacial score (nSPS) is 24.0. The van der Waals surface area contributed by atoms with Crippen LogP contribution >= 0.6 is 11.8 Å². The van der Waals surface area contributed by atoms with Crippen LogP contribution in [0.5, 0.6) is 0 Å². The molecule has 0 aromatic heterocycles. The van der Waals surface area contributed by atoms with Crippen LogP contribution in [0.1, 0.15) is 33.1 Å². The molecule has 2 unspecified atom stereocenters. The van der Waals surface area contributed by atoms with Gasteiger partial charge in [-0.3, -0.25) is 0 Å². The monoisotopic (exact) mass is 244 g/mol. The van der Waals surface area contributed by atoms with Crippen molar-refractivity contribution in [1.29, 1.82) is 0 Å². The molecule has 0 aromatic rings. The van der Waals surface area contributed by atoms with Gasteiger partial charge in [0.1, 0.15) is 0 Å². The van der Waals surface area contributed by atoms with E-state index in [0.717, 1.165) is 12.0 Å². The molecule has 0 saturated carbocycles. The van der Waals surface area contributed by atoms with Crippen molar-refractivity contribution in [3.05, 3.63) is 0 Å². The van der Waals surface area contributed by atoms with E-state index in [2.05, 4.69) is 49.9 Å². The van der Waals surface area contributed by atoms with Crippen molar-refractivity contribution in [2.24, 2.45) is 5.92 Å². The Kier molecular flexibility index (Phi) is 6.78. The van der Waals surface area contributed by atoms with Crippen LogP contribution in [-0.2, 0) is 0 Å². The first-order chi connectivity index (χ1) is 7.58. The van der Waals surface area contributed by atoms with Gasteiger partial charge in [-0.05, 0) is 45.0 Å². The first kappa shape index (κ1) is 14.3. The Hall–Kier alpha value is 0.270. The fourth-order valence-electron chi connectivity index (χ4n) is 2.41. The standard InChI is InChI=1S/C13H28N2S/c1-11(2)8-13(9-15(3)4)14-12-6-5-7-16-10-12/h11-14H,5-10H2,1-4H3. The minimum Gasteiger partial charge on any atom is -0.309 e. The zero-order chi connectivity index (χ0) is 12.0. The van der Waals surface area contributed by atoms with Gasteiger partial charge in [-0.2, -0.15) is 11.8 Å². The van der Waals surface area contributed by atoms with E-state index in [9.17, 15) is 0 Å². The second-order valence-electron chi connectivity index (χ2n) is 5.67. The third-order valence-corrected chi connectivity index (χ3v) is 4.19.